The summed E-state index contributed by atoms with van der Waals surface area (Å²) in [5.41, 5.74) is 0.930. The number of amides is 1. The molecule has 1 N–H and O–H groups in total. The highest BCUT2D eigenvalue weighted by atomic mass is 16.7. The summed E-state index contributed by atoms with van der Waals surface area (Å²) in [6.07, 6.45) is 2.83. The molecule has 0 radical (unpaired) electrons. The highest BCUT2D eigenvalue weighted by Gasteiger charge is 2.20. The van der Waals surface area contributed by atoms with E-state index in [2.05, 4.69) is 0 Å². The molecule has 5 heteroatoms. The van der Waals surface area contributed by atoms with Gasteiger partial charge in [0.1, 0.15) is 6.61 Å². The molecule has 0 unspecified atom stereocenters. The van der Waals surface area contributed by atoms with Crippen LogP contribution >= 0.6 is 0 Å². The summed E-state index contributed by atoms with van der Waals surface area (Å²) in [4.78, 5) is 27.4. The van der Waals surface area contributed by atoms with E-state index >= 15 is 0 Å². The number of rotatable bonds is 10. The van der Waals surface area contributed by atoms with Gasteiger partial charge in [-0.1, -0.05) is 50.1 Å². The first-order valence-electron chi connectivity index (χ1n) is 6.79. The van der Waals surface area contributed by atoms with Crippen molar-refractivity contribution in [1.29, 1.82) is 0 Å². The molecule has 1 rings (SSSR count). The summed E-state index contributed by atoms with van der Waals surface area (Å²) in [5.74, 6) is -1.48. The van der Waals surface area contributed by atoms with E-state index in [9.17, 15) is 9.59 Å². The summed E-state index contributed by atoms with van der Waals surface area (Å²) in [5, 5.41) is 10.2. The van der Waals surface area contributed by atoms with Crippen LogP contribution in [0.5, 0.6) is 0 Å². The fourth-order valence-electron chi connectivity index (χ4n) is 1.82. The fraction of sp³-hybridized carbons (Fsp3) is 0.467. The smallest absolute Gasteiger partial charge is 0.308 e. The van der Waals surface area contributed by atoms with Gasteiger partial charge in [0.05, 0.1) is 12.5 Å². The Balaban J connectivity index is 2.48. The molecule has 0 aromatic heterocycles. The lowest BCUT2D eigenvalue weighted by molar-refractivity contribution is -0.184. The maximum atomic E-state index is 11.1. The third-order valence-electron chi connectivity index (χ3n) is 3.01. The number of carboxylic acid groups (broad SMARTS) is 1. The van der Waals surface area contributed by atoms with Crippen LogP contribution in [-0.2, 0) is 21.0 Å². The van der Waals surface area contributed by atoms with Crippen LogP contribution in [0.15, 0.2) is 30.3 Å². The molecule has 0 saturated carbocycles. The molecule has 0 spiro atoms. The standard InChI is InChI=1S/C15H21NO4/c1-2-3-9-14(15(18)19)10-16(12-17)20-11-13-7-5-4-6-8-13/h4-8,12,14H,2-3,9-11H2,1H3,(H,18,19)/t14-/m1/s1. The van der Waals surface area contributed by atoms with Crippen LogP contribution in [0.2, 0.25) is 0 Å². The molecule has 0 bridgehead atoms. The van der Waals surface area contributed by atoms with Crippen LogP contribution in [0.1, 0.15) is 31.7 Å². The minimum atomic E-state index is -0.895. The van der Waals surface area contributed by atoms with E-state index in [4.69, 9.17) is 9.94 Å². The first-order valence-corrected chi connectivity index (χ1v) is 6.79. The second-order valence-electron chi connectivity index (χ2n) is 4.64. The van der Waals surface area contributed by atoms with E-state index in [-0.39, 0.29) is 13.2 Å². The van der Waals surface area contributed by atoms with Crippen LogP contribution in [0, 0.1) is 5.92 Å². The van der Waals surface area contributed by atoms with Crippen LogP contribution in [0.4, 0.5) is 0 Å². The van der Waals surface area contributed by atoms with Gasteiger partial charge in [0.15, 0.2) is 0 Å². The van der Waals surface area contributed by atoms with E-state index in [1.165, 1.54) is 0 Å². The van der Waals surface area contributed by atoms with Crippen molar-refractivity contribution in [2.24, 2.45) is 5.92 Å². The maximum Gasteiger partial charge on any atom is 0.308 e. The maximum absolute atomic E-state index is 11.1. The summed E-state index contributed by atoms with van der Waals surface area (Å²) >= 11 is 0. The van der Waals surface area contributed by atoms with E-state index in [0.717, 1.165) is 23.5 Å². The van der Waals surface area contributed by atoms with E-state index in [1.54, 1.807) is 0 Å². The number of hydrogen-bond acceptors (Lipinski definition) is 3. The Kier molecular flexibility index (Phi) is 7.35. The monoisotopic (exact) mass is 279 g/mol. The topological polar surface area (TPSA) is 66.8 Å². The molecule has 0 heterocycles. The lowest BCUT2D eigenvalue weighted by atomic mass is 10.0. The Morgan fingerprint density at radius 1 is 1.40 bits per heavy atom. The van der Waals surface area contributed by atoms with E-state index in [0.29, 0.717) is 12.8 Å². The van der Waals surface area contributed by atoms with Crippen LogP contribution < -0.4 is 0 Å². The van der Waals surface area contributed by atoms with Gasteiger partial charge in [0.25, 0.3) is 0 Å². The number of unbranched alkanes of at least 4 members (excludes halogenated alkanes) is 1. The van der Waals surface area contributed by atoms with Gasteiger partial charge < -0.3 is 5.11 Å². The number of benzene rings is 1. The number of hydrogen-bond donors (Lipinski definition) is 1. The molecule has 0 aliphatic rings. The molecular formula is C15H21NO4. The predicted molar refractivity (Wildman–Crippen MR) is 74.7 cm³/mol. The van der Waals surface area contributed by atoms with Crippen LogP contribution in [0.25, 0.3) is 0 Å². The summed E-state index contributed by atoms with van der Waals surface area (Å²) < 4.78 is 0. The van der Waals surface area contributed by atoms with Gasteiger partial charge in [-0.2, -0.15) is 0 Å². The molecule has 20 heavy (non-hydrogen) atoms. The van der Waals surface area contributed by atoms with Crippen molar-refractivity contribution in [3.05, 3.63) is 35.9 Å². The minimum absolute atomic E-state index is 0.0751. The zero-order chi connectivity index (χ0) is 14.8. The van der Waals surface area contributed by atoms with Crippen molar-refractivity contribution >= 4 is 12.4 Å². The zero-order valence-electron chi connectivity index (χ0n) is 11.7. The number of nitrogens with zero attached hydrogens (tertiary/aromatic N) is 1. The highest BCUT2D eigenvalue weighted by Crippen LogP contribution is 2.11. The number of carbonyl (C=O) groups excluding carboxylic acids is 1. The van der Waals surface area contributed by atoms with Crippen molar-refractivity contribution in [1.82, 2.24) is 5.06 Å². The normalized spacial score (nSPS) is 11.8. The van der Waals surface area contributed by atoms with Crippen molar-refractivity contribution in [2.45, 2.75) is 32.8 Å². The Morgan fingerprint density at radius 3 is 2.65 bits per heavy atom. The van der Waals surface area contributed by atoms with Gasteiger partial charge in [0, 0.05) is 0 Å². The van der Waals surface area contributed by atoms with Gasteiger partial charge in [-0.05, 0) is 12.0 Å². The number of carbonyl (C=O) groups is 2. The van der Waals surface area contributed by atoms with Crippen molar-refractivity contribution < 1.29 is 19.5 Å². The van der Waals surface area contributed by atoms with E-state index in [1.807, 2.05) is 37.3 Å². The quantitative estimate of drug-likeness (QED) is 0.528. The van der Waals surface area contributed by atoms with Crippen LogP contribution in [-0.4, -0.2) is 29.1 Å². The molecule has 5 nitrogen and oxygen atoms in total. The Hall–Kier alpha value is -1.88. The van der Waals surface area contributed by atoms with Gasteiger partial charge >= 0.3 is 5.97 Å². The zero-order valence-corrected chi connectivity index (χ0v) is 11.7. The lowest BCUT2D eigenvalue weighted by Crippen LogP contribution is -2.32. The molecule has 1 aromatic carbocycles. The summed E-state index contributed by atoms with van der Waals surface area (Å²) in [6.45, 7) is 2.33. The number of hydroxylamine groups is 2. The van der Waals surface area contributed by atoms with Gasteiger partial charge in [-0.25, -0.2) is 5.06 Å². The summed E-state index contributed by atoms with van der Waals surface area (Å²) in [7, 11) is 0. The third kappa shape index (κ3) is 5.84. The largest absolute Gasteiger partial charge is 0.481 e. The average molecular weight is 279 g/mol. The lowest BCUT2D eigenvalue weighted by Gasteiger charge is -2.21. The molecule has 1 aromatic rings. The fourth-order valence-corrected chi connectivity index (χ4v) is 1.82. The molecule has 1 atom stereocenters. The van der Waals surface area contributed by atoms with Crippen molar-refractivity contribution in [3.8, 4) is 0 Å². The first kappa shape index (κ1) is 16.2. The minimum Gasteiger partial charge on any atom is -0.481 e. The SMILES string of the molecule is CCCC[C@H](CN(C=O)OCc1ccccc1)C(=O)O. The molecule has 110 valence electrons. The molecular weight excluding hydrogens is 258 g/mol. The number of aliphatic carboxylic acids is 1. The van der Waals surface area contributed by atoms with Crippen molar-refractivity contribution in [2.75, 3.05) is 6.54 Å². The molecule has 0 saturated heterocycles. The molecule has 0 fully saturated rings. The summed E-state index contributed by atoms with van der Waals surface area (Å²) in [6, 6.07) is 9.42. The second kappa shape index (κ2) is 9.09. The Labute approximate surface area is 119 Å². The second-order valence-corrected chi connectivity index (χ2v) is 4.64. The van der Waals surface area contributed by atoms with Crippen LogP contribution in [0.3, 0.4) is 0 Å². The Bertz CT molecular complexity index is 408. The van der Waals surface area contributed by atoms with Gasteiger partial charge in [0.2, 0.25) is 6.41 Å². The molecule has 0 aliphatic carbocycles. The van der Waals surface area contributed by atoms with Gasteiger partial charge in [-0.3, -0.25) is 14.4 Å². The third-order valence-corrected chi connectivity index (χ3v) is 3.01. The molecule has 1 amide bonds. The first-order chi connectivity index (χ1) is 9.67. The van der Waals surface area contributed by atoms with Crippen molar-refractivity contribution in [3.63, 3.8) is 0 Å². The Morgan fingerprint density at radius 2 is 2.10 bits per heavy atom. The van der Waals surface area contributed by atoms with Gasteiger partial charge in [-0.15, -0.1) is 0 Å². The molecule has 0 aliphatic heterocycles. The number of carboxylic acids is 1. The van der Waals surface area contributed by atoms with E-state index < -0.39 is 11.9 Å². The highest BCUT2D eigenvalue weighted by molar-refractivity contribution is 5.70. The average Bonchev–Trinajstić information content (AvgIpc) is 2.47. The predicted octanol–water partition coefficient (Wildman–Crippen LogP) is 2.47.